The summed E-state index contributed by atoms with van der Waals surface area (Å²) < 4.78 is 24.7. The maximum atomic E-state index is 11.2. The number of sulfonamides is 1. The van der Waals surface area contributed by atoms with Crippen LogP contribution in [0.5, 0.6) is 0 Å². The van der Waals surface area contributed by atoms with Crippen molar-refractivity contribution in [2.45, 2.75) is 6.54 Å². The Bertz CT molecular complexity index is 690. The first-order valence-electron chi connectivity index (χ1n) is 5.84. The fourth-order valence-electron chi connectivity index (χ4n) is 1.61. The fraction of sp³-hybridized carbons (Fsp3) is 0.154. The predicted octanol–water partition coefficient (Wildman–Crippen LogP) is 2.72. The van der Waals surface area contributed by atoms with E-state index in [1.165, 1.54) is 0 Å². The van der Waals surface area contributed by atoms with Crippen molar-refractivity contribution in [1.82, 2.24) is 4.98 Å². The highest BCUT2D eigenvalue weighted by atomic mass is 35.5. The minimum absolute atomic E-state index is 0.339. The molecule has 5 nitrogen and oxygen atoms in total. The van der Waals surface area contributed by atoms with Crippen molar-refractivity contribution in [3.63, 3.8) is 0 Å². The number of anilines is 2. The van der Waals surface area contributed by atoms with Gasteiger partial charge < -0.3 is 5.32 Å². The van der Waals surface area contributed by atoms with E-state index in [9.17, 15) is 8.42 Å². The lowest BCUT2D eigenvalue weighted by Crippen LogP contribution is -2.10. The van der Waals surface area contributed by atoms with E-state index in [1.807, 2.05) is 12.1 Å². The smallest absolute Gasteiger partial charge is 0.229 e. The first kappa shape index (κ1) is 14.6. The van der Waals surface area contributed by atoms with Crippen molar-refractivity contribution in [2.24, 2.45) is 0 Å². The van der Waals surface area contributed by atoms with E-state index < -0.39 is 10.0 Å². The van der Waals surface area contributed by atoms with Gasteiger partial charge in [0.2, 0.25) is 10.0 Å². The number of pyridine rings is 1. The molecule has 0 amide bonds. The van der Waals surface area contributed by atoms with Gasteiger partial charge >= 0.3 is 0 Å². The highest BCUT2D eigenvalue weighted by molar-refractivity contribution is 7.92. The van der Waals surface area contributed by atoms with Crippen LogP contribution in [0.4, 0.5) is 11.4 Å². The number of nitrogens with one attached hydrogen (secondary N) is 2. The summed E-state index contributed by atoms with van der Waals surface area (Å²) in [5.74, 6) is 0. The molecule has 0 aliphatic carbocycles. The predicted molar refractivity (Wildman–Crippen MR) is 81.5 cm³/mol. The van der Waals surface area contributed by atoms with E-state index in [1.54, 1.807) is 30.6 Å². The van der Waals surface area contributed by atoms with Crippen molar-refractivity contribution in [1.29, 1.82) is 0 Å². The van der Waals surface area contributed by atoms with Crippen LogP contribution in [-0.4, -0.2) is 19.7 Å². The molecule has 0 saturated heterocycles. The van der Waals surface area contributed by atoms with Gasteiger partial charge in [-0.15, -0.1) is 0 Å². The van der Waals surface area contributed by atoms with Crippen LogP contribution >= 0.6 is 11.6 Å². The summed E-state index contributed by atoms with van der Waals surface area (Å²) in [6.45, 7) is 0.614. The molecule has 0 aliphatic rings. The summed E-state index contributed by atoms with van der Waals surface area (Å²) >= 11 is 6.04. The average Bonchev–Trinajstić information content (AvgIpc) is 2.39. The lowest BCUT2D eigenvalue weighted by molar-refractivity contribution is 0.607. The van der Waals surface area contributed by atoms with Gasteiger partial charge in [0.1, 0.15) is 0 Å². The van der Waals surface area contributed by atoms with E-state index in [-0.39, 0.29) is 0 Å². The molecule has 106 valence electrons. The van der Waals surface area contributed by atoms with E-state index in [0.717, 1.165) is 17.5 Å². The number of rotatable bonds is 5. The van der Waals surface area contributed by atoms with E-state index in [0.29, 0.717) is 17.3 Å². The standard InChI is InChI=1S/C13H14ClN3O2S/c1-20(18,19)17-13-5-4-11(7-12(13)14)16-9-10-3-2-6-15-8-10/h2-8,16-17H,9H2,1H3. The van der Waals surface area contributed by atoms with Crippen LogP contribution in [0.2, 0.25) is 5.02 Å². The van der Waals surface area contributed by atoms with Crippen molar-refractivity contribution < 1.29 is 8.42 Å². The van der Waals surface area contributed by atoms with E-state index in [2.05, 4.69) is 15.0 Å². The Morgan fingerprint density at radius 2 is 2.10 bits per heavy atom. The molecule has 0 bridgehead atoms. The first-order valence-corrected chi connectivity index (χ1v) is 8.11. The number of hydrogen-bond acceptors (Lipinski definition) is 4. The third-order valence-electron chi connectivity index (χ3n) is 2.48. The molecule has 1 aromatic heterocycles. The Balaban J connectivity index is 2.06. The molecule has 20 heavy (non-hydrogen) atoms. The van der Waals surface area contributed by atoms with Gasteiger partial charge in [-0.05, 0) is 29.8 Å². The summed E-state index contributed by atoms with van der Waals surface area (Å²) in [4.78, 5) is 4.03. The molecule has 0 aliphatic heterocycles. The van der Waals surface area contributed by atoms with Crippen LogP contribution in [0.15, 0.2) is 42.7 Å². The number of halogens is 1. The Hall–Kier alpha value is -1.79. The minimum atomic E-state index is -3.33. The van der Waals surface area contributed by atoms with Crippen molar-refractivity contribution >= 4 is 33.0 Å². The number of benzene rings is 1. The molecule has 2 N–H and O–H groups in total. The number of hydrogen-bond donors (Lipinski definition) is 2. The maximum absolute atomic E-state index is 11.2. The molecule has 0 spiro atoms. The second kappa shape index (κ2) is 6.11. The lowest BCUT2D eigenvalue weighted by Gasteiger charge is -2.10. The molecule has 1 aromatic carbocycles. The fourth-order valence-corrected chi connectivity index (χ4v) is 2.48. The summed E-state index contributed by atoms with van der Waals surface area (Å²) in [5.41, 5.74) is 2.21. The summed E-state index contributed by atoms with van der Waals surface area (Å²) in [7, 11) is -3.33. The largest absolute Gasteiger partial charge is 0.381 e. The van der Waals surface area contributed by atoms with Crippen LogP contribution in [0, 0.1) is 0 Å². The summed E-state index contributed by atoms with van der Waals surface area (Å²) in [5, 5.41) is 3.53. The summed E-state index contributed by atoms with van der Waals surface area (Å²) in [6, 6.07) is 8.88. The van der Waals surface area contributed by atoms with Gasteiger partial charge in [0.05, 0.1) is 17.0 Å². The SMILES string of the molecule is CS(=O)(=O)Nc1ccc(NCc2cccnc2)cc1Cl. The average molecular weight is 312 g/mol. The zero-order valence-corrected chi connectivity index (χ0v) is 12.4. The quantitative estimate of drug-likeness (QED) is 0.890. The number of nitrogens with zero attached hydrogens (tertiary/aromatic N) is 1. The molecule has 2 aromatic rings. The van der Waals surface area contributed by atoms with Crippen LogP contribution < -0.4 is 10.0 Å². The zero-order chi connectivity index (χ0) is 14.6. The van der Waals surface area contributed by atoms with Gasteiger partial charge in [0, 0.05) is 24.6 Å². The lowest BCUT2D eigenvalue weighted by atomic mass is 10.2. The number of aromatic nitrogens is 1. The van der Waals surface area contributed by atoms with E-state index >= 15 is 0 Å². The van der Waals surface area contributed by atoms with Gasteiger partial charge in [-0.3, -0.25) is 9.71 Å². The Kier molecular flexibility index (Phi) is 4.46. The van der Waals surface area contributed by atoms with Gasteiger partial charge in [-0.1, -0.05) is 17.7 Å². The van der Waals surface area contributed by atoms with Crippen LogP contribution in [0.1, 0.15) is 5.56 Å². The normalized spacial score (nSPS) is 11.1. The van der Waals surface area contributed by atoms with Crippen LogP contribution in [0.3, 0.4) is 0 Å². The third kappa shape index (κ3) is 4.40. The van der Waals surface area contributed by atoms with Crippen molar-refractivity contribution in [3.05, 3.63) is 53.3 Å². The molecule has 0 radical (unpaired) electrons. The minimum Gasteiger partial charge on any atom is -0.381 e. The van der Waals surface area contributed by atoms with Crippen LogP contribution in [-0.2, 0) is 16.6 Å². The molecular weight excluding hydrogens is 298 g/mol. The topological polar surface area (TPSA) is 71.1 Å². The molecular formula is C13H14ClN3O2S. The molecule has 0 fully saturated rings. The molecule has 7 heteroatoms. The summed E-state index contributed by atoms with van der Waals surface area (Å²) in [6.07, 6.45) is 4.57. The van der Waals surface area contributed by atoms with Gasteiger partial charge in [0.15, 0.2) is 0 Å². The van der Waals surface area contributed by atoms with E-state index in [4.69, 9.17) is 11.6 Å². The van der Waals surface area contributed by atoms with Crippen molar-refractivity contribution in [2.75, 3.05) is 16.3 Å². The monoisotopic (exact) mass is 311 g/mol. The zero-order valence-electron chi connectivity index (χ0n) is 10.8. The molecule has 0 atom stereocenters. The maximum Gasteiger partial charge on any atom is 0.229 e. The van der Waals surface area contributed by atoms with Crippen molar-refractivity contribution in [3.8, 4) is 0 Å². The molecule has 0 unspecified atom stereocenters. The highest BCUT2D eigenvalue weighted by Gasteiger charge is 2.06. The Labute approximate surface area is 123 Å². The second-order valence-electron chi connectivity index (χ2n) is 4.28. The Morgan fingerprint density at radius 1 is 1.30 bits per heavy atom. The highest BCUT2D eigenvalue weighted by Crippen LogP contribution is 2.26. The Morgan fingerprint density at radius 3 is 2.70 bits per heavy atom. The van der Waals surface area contributed by atoms with Gasteiger partial charge in [-0.25, -0.2) is 8.42 Å². The van der Waals surface area contributed by atoms with Crippen LogP contribution in [0.25, 0.3) is 0 Å². The second-order valence-corrected chi connectivity index (χ2v) is 6.44. The molecule has 0 saturated carbocycles. The third-order valence-corrected chi connectivity index (χ3v) is 3.39. The van der Waals surface area contributed by atoms with Gasteiger partial charge in [0.25, 0.3) is 0 Å². The first-order chi connectivity index (χ1) is 9.44. The molecule has 1 heterocycles. The van der Waals surface area contributed by atoms with Gasteiger partial charge in [-0.2, -0.15) is 0 Å². The molecule has 2 rings (SSSR count).